The lowest BCUT2D eigenvalue weighted by Crippen LogP contribution is -2.10. The van der Waals surface area contributed by atoms with E-state index in [1.165, 1.54) is 19.2 Å². The average Bonchev–Trinajstić information content (AvgIpc) is 2.37. The van der Waals surface area contributed by atoms with Crippen LogP contribution in [-0.4, -0.2) is 22.1 Å². The Bertz CT molecular complexity index is 621. The topological polar surface area (TPSA) is 59.9 Å². The molecule has 0 saturated heterocycles. The normalized spacial score (nSPS) is 11.2. The van der Waals surface area contributed by atoms with E-state index in [0.29, 0.717) is 5.69 Å². The lowest BCUT2D eigenvalue weighted by molar-refractivity contribution is -0.141. The van der Waals surface area contributed by atoms with Crippen LogP contribution in [0.4, 0.5) is 24.8 Å². The third kappa shape index (κ3) is 3.47. The highest BCUT2D eigenvalue weighted by molar-refractivity contribution is 6.29. The van der Waals surface area contributed by atoms with E-state index in [0.717, 1.165) is 12.3 Å². The summed E-state index contributed by atoms with van der Waals surface area (Å²) in [7, 11) is 1.39. The summed E-state index contributed by atoms with van der Waals surface area (Å²) in [6.07, 6.45) is -3.52. The van der Waals surface area contributed by atoms with Gasteiger partial charge >= 0.3 is 6.18 Å². The van der Waals surface area contributed by atoms with Crippen LogP contribution in [0.3, 0.4) is 0 Å². The number of anilines is 2. The average molecular weight is 305 g/mol. The van der Waals surface area contributed by atoms with Crippen molar-refractivity contribution in [1.29, 1.82) is 0 Å². The summed E-state index contributed by atoms with van der Waals surface area (Å²) in [4.78, 5) is 10.9. The molecular weight excluding hydrogens is 297 g/mol. The molecule has 0 fully saturated rings. The summed E-state index contributed by atoms with van der Waals surface area (Å²) < 4.78 is 42.5. The predicted octanol–water partition coefficient (Wildman–Crippen LogP) is 3.30. The van der Waals surface area contributed by atoms with Crippen LogP contribution in [0.25, 0.3) is 0 Å². The van der Waals surface area contributed by atoms with Gasteiger partial charge in [-0.1, -0.05) is 11.6 Å². The van der Waals surface area contributed by atoms with E-state index in [4.69, 9.17) is 16.3 Å². The van der Waals surface area contributed by atoms with Crippen LogP contribution in [0.1, 0.15) is 5.69 Å². The van der Waals surface area contributed by atoms with E-state index in [9.17, 15) is 13.2 Å². The second kappa shape index (κ2) is 5.49. The van der Waals surface area contributed by atoms with Gasteiger partial charge in [-0.25, -0.2) is 15.0 Å². The van der Waals surface area contributed by atoms with E-state index in [-0.39, 0.29) is 17.0 Å². The van der Waals surface area contributed by atoms with Crippen molar-refractivity contribution in [2.45, 2.75) is 6.18 Å². The van der Waals surface area contributed by atoms with Gasteiger partial charge in [-0.3, -0.25) is 0 Å². The number of nitrogens with one attached hydrogen (secondary N) is 1. The van der Waals surface area contributed by atoms with Crippen molar-refractivity contribution >= 4 is 23.2 Å². The molecule has 2 aromatic heterocycles. The molecule has 1 N–H and O–H groups in total. The fourth-order valence-corrected chi connectivity index (χ4v) is 1.56. The molecular formula is C11H8ClF3N4O. The highest BCUT2D eigenvalue weighted by atomic mass is 35.5. The molecule has 9 heteroatoms. The summed E-state index contributed by atoms with van der Waals surface area (Å²) in [5, 5.41) is 2.73. The molecule has 0 radical (unpaired) electrons. The van der Waals surface area contributed by atoms with Crippen LogP contribution in [0.15, 0.2) is 24.4 Å². The van der Waals surface area contributed by atoms with Gasteiger partial charge in [-0.15, -0.1) is 0 Å². The lowest BCUT2D eigenvalue weighted by Gasteiger charge is -2.09. The van der Waals surface area contributed by atoms with Gasteiger partial charge in [0.05, 0.1) is 7.11 Å². The van der Waals surface area contributed by atoms with Crippen molar-refractivity contribution in [2.75, 3.05) is 12.4 Å². The standard InChI is InChI=1S/C11H8ClF3N4O/c1-20-9-5-6(4-8(12)19-9)17-10-16-3-2-7(18-10)11(13,14)15/h2-5H,1H3,(H,16,17,18,19). The van der Waals surface area contributed by atoms with Crippen LogP contribution in [0.2, 0.25) is 5.15 Å². The van der Waals surface area contributed by atoms with Gasteiger partial charge in [0.25, 0.3) is 0 Å². The summed E-state index contributed by atoms with van der Waals surface area (Å²) in [5.74, 6) is 0.0103. The van der Waals surface area contributed by atoms with E-state index in [1.807, 2.05) is 0 Å². The van der Waals surface area contributed by atoms with Crippen LogP contribution >= 0.6 is 11.6 Å². The first-order valence-corrected chi connectivity index (χ1v) is 5.65. The number of methoxy groups -OCH3 is 1. The van der Waals surface area contributed by atoms with Crippen molar-refractivity contribution in [3.8, 4) is 5.88 Å². The van der Waals surface area contributed by atoms with Gasteiger partial charge in [0.2, 0.25) is 11.8 Å². The minimum Gasteiger partial charge on any atom is -0.481 e. The zero-order valence-electron chi connectivity index (χ0n) is 10.1. The van der Waals surface area contributed by atoms with Gasteiger partial charge in [-0.05, 0) is 12.1 Å². The number of aromatic nitrogens is 3. The fourth-order valence-electron chi connectivity index (χ4n) is 1.36. The van der Waals surface area contributed by atoms with Crippen molar-refractivity contribution < 1.29 is 17.9 Å². The number of pyridine rings is 1. The Morgan fingerprint density at radius 2 is 2.00 bits per heavy atom. The minimum absolute atomic E-state index is 0.124. The highest BCUT2D eigenvalue weighted by Crippen LogP contribution is 2.28. The molecule has 2 aromatic rings. The third-order valence-corrected chi connectivity index (χ3v) is 2.38. The maximum Gasteiger partial charge on any atom is 0.433 e. The monoisotopic (exact) mass is 304 g/mol. The van der Waals surface area contributed by atoms with Crippen molar-refractivity contribution in [3.63, 3.8) is 0 Å². The summed E-state index contributed by atoms with van der Waals surface area (Å²) in [6, 6.07) is 3.65. The summed E-state index contributed by atoms with van der Waals surface area (Å²) in [5.41, 5.74) is -0.678. The second-order valence-electron chi connectivity index (χ2n) is 3.61. The smallest absolute Gasteiger partial charge is 0.433 e. The van der Waals surface area contributed by atoms with Crippen molar-refractivity contribution in [3.05, 3.63) is 35.2 Å². The molecule has 0 aliphatic carbocycles. The molecule has 0 aliphatic heterocycles. The number of hydrogen-bond acceptors (Lipinski definition) is 5. The Labute approximate surface area is 116 Å². The highest BCUT2D eigenvalue weighted by Gasteiger charge is 2.32. The summed E-state index contributed by atoms with van der Waals surface area (Å²) in [6.45, 7) is 0. The Morgan fingerprint density at radius 3 is 2.65 bits per heavy atom. The van der Waals surface area contributed by atoms with Crippen molar-refractivity contribution in [2.24, 2.45) is 0 Å². The number of hydrogen-bond donors (Lipinski definition) is 1. The molecule has 0 spiro atoms. The molecule has 0 amide bonds. The maximum atomic E-state index is 12.5. The van der Waals surface area contributed by atoms with Gasteiger partial charge in [-0.2, -0.15) is 13.2 Å². The zero-order valence-corrected chi connectivity index (χ0v) is 10.8. The Balaban J connectivity index is 2.28. The van der Waals surface area contributed by atoms with Gasteiger partial charge in [0.1, 0.15) is 10.8 Å². The molecule has 0 saturated carbocycles. The zero-order chi connectivity index (χ0) is 14.8. The van der Waals surface area contributed by atoms with Gasteiger partial charge in [0, 0.05) is 18.0 Å². The minimum atomic E-state index is -4.53. The van der Waals surface area contributed by atoms with Gasteiger partial charge < -0.3 is 10.1 Å². The molecule has 0 unspecified atom stereocenters. The number of rotatable bonds is 3. The van der Waals surface area contributed by atoms with Gasteiger partial charge in [0.15, 0.2) is 0 Å². The molecule has 20 heavy (non-hydrogen) atoms. The van der Waals surface area contributed by atoms with Crippen LogP contribution < -0.4 is 10.1 Å². The molecule has 0 aliphatic rings. The predicted molar refractivity (Wildman–Crippen MR) is 66.1 cm³/mol. The molecule has 0 aromatic carbocycles. The van der Waals surface area contributed by atoms with Crippen LogP contribution in [0.5, 0.6) is 5.88 Å². The molecule has 0 atom stereocenters. The molecule has 2 heterocycles. The van der Waals surface area contributed by atoms with E-state index in [2.05, 4.69) is 20.3 Å². The Kier molecular flexibility index (Phi) is 3.93. The molecule has 106 valence electrons. The lowest BCUT2D eigenvalue weighted by atomic mass is 10.4. The SMILES string of the molecule is COc1cc(Nc2nccc(C(F)(F)F)n2)cc(Cl)n1. The van der Waals surface area contributed by atoms with E-state index < -0.39 is 11.9 Å². The third-order valence-electron chi connectivity index (χ3n) is 2.18. The largest absolute Gasteiger partial charge is 0.481 e. The van der Waals surface area contributed by atoms with E-state index in [1.54, 1.807) is 0 Å². The molecule has 2 rings (SSSR count). The number of halogens is 4. The maximum absolute atomic E-state index is 12.5. The summed E-state index contributed by atoms with van der Waals surface area (Å²) >= 11 is 5.75. The first-order valence-electron chi connectivity index (χ1n) is 5.27. The first-order chi connectivity index (χ1) is 9.38. The number of alkyl halides is 3. The van der Waals surface area contributed by atoms with Crippen molar-refractivity contribution in [1.82, 2.24) is 15.0 Å². The number of ether oxygens (including phenoxy) is 1. The second-order valence-corrected chi connectivity index (χ2v) is 4.00. The Hall–Kier alpha value is -2.09. The quantitative estimate of drug-likeness (QED) is 0.882. The first kappa shape index (κ1) is 14.3. The Morgan fingerprint density at radius 1 is 1.25 bits per heavy atom. The van der Waals surface area contributed by atoms with Crippen LogP contribution in [-0.2, 0) is 6.18 Å². The van der Waals surface area contributed by atoms with Crippen LogP contribution in [0, 0.1) is 0 Å². The van der Waals surface area contributed by atoms with E-state index >= 15 is 0 Å². The molecule has 0 bridgehead atoms. The fraction of sp³-hybridized carbons (Fsp3) is 0.182. The molecule has 5 nitrogen and oxygen atoms in total. The number of nitrogens with zero attached hydrogens (tertiary/aromatic N) is 3.